The van der Waals surface area contributed by atoms with Crippen LogP contribution in [0.5, 0.6) is 5.75 Å². The van der Waals surface area contributed by atoms with E-state index in [-0.39, 0.29) is 0 Å². The highest BCUT2D eigenvalue weighted by molar-refractivity contribution is 6.37. The van der Waals surface area contributed by atoms with E-state index < -0.39 is 12.1 Å². The first-order valence-electron chi connectivity index (χ1n) is 5.18. The smallest absolute Gasteiger partial charge is 0.156 e. The lowest BCUT2D eigenvalue weighted by molar-refractivity contribution is 0.143. The van der Waals surface area contributed by atoms with E-state index in [2.05, 4.69) is 0 Å². The van der Waals surface area contributed by atoms with Crippen LogP contribution in [0.25, 0.3) is 0 Å². The second-order valence-electron chi connectivity index (χ2n) is 3.70. The van der Waals surface area contributed by atoms with Crippen LogP contribution in [0.2, 0.25) is 10.0 Å². The fourth-order valence-corrected chi connectivity index (χ4v) is 2.20. The minimum Gasteiger partial charge on any atom is -0.494 e. The van der Waals surface area contributed by atoms with Crippen LogP contribution in [0.1, 0.15) is 18.1 Å². The first-order chi connectivity index (χ1) is 8.01. The second-order valence-corrected chi connectivity index (χ2v) is 4.52. The van der Waals surface area contributed by atoms with Gasteiger partial charge in [-0.2, -0.15) is 0 Å². The molecule has 0 aromatic heterocycles. The van der Waals surface area contributed by atoms with Gasteiger partial charge < -0.3 is 21.3 Å². The Hall–Kier alpha value is -0.520. The fraction of sp³-hybridized carbons (Fsp3) is 0.455. The maximum absolute atomic E-state index is 9.99. The van der Waals surface area contributed by atoms with Gasteiger partial charge in [0.1, 0.15) is 0 Å². The van der Waals surface area contributed by atoms with Crippen molar-refractivity contribution < 1.29 is 9.84 Å². The molecule has 0 heterocycles. The molecule has 0 spiro atoms. The van der Waals surface area contributed by atoms with Crippen molar-refractivity contribution in [3.8, 4) is 5.75 Å². The number of halogens is 2. The summed E-state index contributed by atoms with van der Waals surface area (Å²) in [7, 11) is 1.48. The van der Waals surface area contributed by atoms with Crippen LogP contribution < -0.4 is 16.2 Å². The van der Waals surface area contributed by atoms with Crippen molar-refractivity contribution in [2.75, 3.05) is 13.7 Å². The van der Waals surface area contributed by atoms with E-state index in [0.717, 1.165) is 0 Å². The van der Waals surface area contributed by atoms with Gasteiger partial charge in [-0.1, -0.05) is 23.2 Å². The molecule has 0 saturated carbocycles. The topological polar surface area (TPSA) is 81.5 Å². The minimum atomic E-state index is -0.848. The number of nitrogens with two attached hydrogens (primary N) is 2. The van der Waals surface area contributed by atoms with Gasteiger partial charge >= 0.3 is 0 Å². The molecule has 5 N–H and O–H groups in total. The molecule has 1 rings (SSSR count). The number of rotatable bonds is 5. The van der Waals surface area contributed by atoms with Gasteiger partial charge in [-0.15, -0.1) is 0 Å². The third-order valence-electron chi connectivity index (χ3n) is 2.47. The molecule has 4 nitrogen and oxygen atoms in total. The summed E-state index contributed by atoms with van der Waals surface area (Å²) in [4.78, 5) is 0. The molecule has 0 fully saturated rings. The van der Waals surface area contributed by atoms with E-state index >= 15 is 0 Å². The summed E-state index contributed by atoms with van der Waals surface area (Å²) in [6.07, 6.45) is -0.331. The quantitative estimate of drug-likeness (QED) is 0.766. The van der Waals surface area contributed by atoms with E-state index in [1.54, 1.807) is 12.1 Å². The fourth-order valence-electron chi connectivity index (χ4n) is 1.54. The maximum atomic E-state index is 9.99. The number of aliphatic hydroxyl groups is 1. The number of methoxy groups -OCH3 is 1. The van der Waals surface area contributed by atoms with E-state index in [1.165, 1.54) is 7.11 Å². The number of aliphatic hydroxyl groups excluding tert-OH is 1. The standard InChI is InChI=1S/C11H16Cl2N2O2/c1-17-11-7(12)4-6(5-8(11)13)10(16)9(15)2-3-14/h4-5,9-10,16H,2-3,14-15H2,1H3. The Balaban J connectivity index is 2.99. The molecule has 0 bridgehead atoms. The third-order valence-corrected chi connectivity index (χ3v) is 3.03. The van der Waals surface area contributed by atoms with E-state index in [1.807, 2.05) is 0 Å². The Morgan fingerprint density at radius 2 is 1.88 bits per heavy atom. The van der Waals surface area contributed by atoms with Gasteiger partial charge in [0, 0.05) is 6.04 Å². The molecule has 2 unspecified atom stereocenters. The maximum Gasteiger partial charge on any atom is 0.156 e. The summed E-state index contributed by atoms with van der Waals surface area (Å²) in [6.45, 7) is 0.413. The highest BCUT2D eigenvalue weighted by Crippen LogP contribution is 2.36. The van der Waals surface area contributed by atoms with Gasteiger partial charge in [0.05, 0.1) is 23.3 Å². The van der Waals surface area contributed by atoms with Crippen LogP contribution >= 0.6 is 23.2 Å². The van der Waals surface area contributed by atoms with Crippen LogP contribution in [-0.2, 0) is 0 Å². The third kappa shape index (κ3) is 3.47. The first kappa shape index (κ1) is 14.5. The molecular formula is C11H16Cl2N2O2. The Kier molecular flexibility index (Phi) is 5.49. The molecule has 0 aliphatic heterocycles. The van der Waals surface area contributed by atoms with Crippen molar-refractivity contribution in [3.05, 3.63) is 27.7 Å². The van der Waals surface area contributed by atoms with Gasteiger partial charge in [0.2, 0.25) is 0 Å². The summed E-state index contributed by atoms with van der Waals surface area (Å²) in [5.41, 5.74) is 11.7. The van der Waals surface area contributed by atoms with Crippen LogP contribution in [-0.4, -0.2) is 24.8 Å². The van der Waals surface area contributed by atoms with Gasteiger partial charge in [-0.3, -0.25) is 0 Å². The van der Waals surface area contributed by atoms with Crippen LogP contribution in [0.4, 0.5) is 0 Å². The lowest BCUT2D eigenvalue weighted by Crippen LogP contribution is -2.30. The summed E-state index contributed by atoms with van der Waals surface area (Å²) < 4.78 is 5.02. The molecule has 2 atom stereocenters. The monoisotopic (exact) mass is 278 g/mol. The molecule has 96 valence electrons. The van der Waals surface area contributed by atoms with Crippen molar-refractivity contribution in [1.82, 2.24) is 0 Å². The van der Waals surface area contributed by atoms with E-state index in [0.29, 0.717) is 34.3 Å². The zero-order valence-electron chi connectivity index (χ0n) is 9.49. The average Bonchev–Trinajstić information content (AvgIpc) is 2.27. The van der Waals surface area contributed by atoms with Gasteiger partial charge in [-0.25, -0.2) is 0 Å². The molecular weight excluding hydrogens is 263 g/mol. The summed E-state index contributed by atoms with van der Waals surface area (Å²) in [5.74, 6) is 0.386. The Bertz CT molecular complexity index is 365. The summed E-state index contributed by atoms with van der Waals surface area (Å²) in [6, 6.07) is 2.74. The number of hydrogen-bond donors (Lipinski definition) is 3. The van der Waals surface area contributed by atoms with Crippen molar-refractivity contribution in [2.45, 2.75) is 18.6 Å². The van der Waals surface area contributed by atoms with E-state index in [9.17, 15) is 5.11 Å². The van der Waals surface area contributed by atoms with Gasteiger partial charge in [0.15, 0.2) is 5.75 Å². The number of ether oxygens (including phenoxy) is 1. The lowest BCUT2D eigenvalue weighted by atomic mass is 10.0. The summed E-state index contributed by atoms with van der Waals surface area (Å²) in [5, 5.41) is 10.7. The molecule has 0 aliphatic rings. The molecule has 0 amide bonds. The number of hydrogen-bond acceptors (Lipinski definition) is 4. The zero-order chi connectivity index (χ0) is 13.0. The Labute approximate surface area is 110 Å². The summed E-state index contributed by atoms with van der Waals surface area (Å²) >= 11 is 11.9. The molecule has 0 saturated heterocycles. The van der Waals surface area contributed by atoms with Gasteiger partial charge in [-0.05, 0) is 30.7 Å². The molecule has 17 heavy (non-hydrogen) atoms. The van der Waals surface area contributed by atoms with Crippen molar-refractivity contribution in [3.63, 3.8) is 0 Å². The average molecular weight is 279 g/mol. The zero-order valence-corrected chi connectivity index (χ0v) is 11.0. The van der Waals surface area contributed by atoms with Crippen LogP contribution in [0, 0.1) is 0 Å². The largest absolute Gasteiger partial charge is 0.494 e. The first-order valence-corrected chi connectivity index (χ1v) is 5.93. The van der Waals surface area contributed by atoms with Crippen molar-refractivity contribution in [2.24, 2.45) is 11.5 Å². The van der Waals surface area contributed by atoms with Crippen molar-refractivity contribution in [1.29, 1.82) is 0 Å². The van der Waals surface area contributed by atoms with Gasteiger partial charge in [0.25, 0.3) is 0 Å². The SMILES string of the molecule is COc1c(Cl)cc(C(O)C(N)CCN)cc1Cl. The predicted molar refractivity (Wildman–Crippen MR) is 69.6 cm³/mol. The molecule has 1 aromatic rings. The van der Waals surface area contributed by atoms with Crippen LogP contribution in [0.3, 0.4) is 0 Å². The molecule has 0 aliphatic carbocycles. The van der Waals surface area contributed by atoms with Crippen LogP contribution in [0.15, 0.2) is 12.1 Å². The normalized spacial score (nSPS) is 14.5. The highest BCUT2D eigenvalue weighted by Gasteiger charge is 2.19. The highest BCUT2D eigenvalue weighted by atomic mass is 35.5. The predicted octanol–water partition coefficient (Wildman–Crippen LogP) is 1.71. The second kappa shape index (κ2) is 6.42. The number of benzene rings is 1. The molecule has 6 heteroatoms. The Morgan fingerprint density at radius 1 is 1.35 bits per heavy atom. The lowest BCUT2D eigenvalue weighted by Gasteiger charge is -2.19. The van der Waals surface area contributed by atoms with E-state index in [4.69, 9.17) is 39.4 Å². The Morgan fingerprint density at radius 3 is 2.29 bits per heavy atom. The molecule has 0 radical (unpaired) electrons. The van der Waals surface area contributed by atoms with Crippen molar-refractivity contribution >= 4 is 23.2 Å². The minimum absolute atomic E-state index is 0.342. The molecule has 1 aromatic carbocycles.